The molecule has 2 aromatic heterocycles. The van der Waals surface area contributed by atoms with Gasteiger partial charge in [-0.15, -0.1) is 0 Å². The van der Waals surface area contributed by atoms with E-state index in [1.165, 1.54) is 0 Å². The average molecular weight is 266 g/mol. The molecule has 0 bridgehead atoms. The van der Waals surface area contributed by atoms with Crippen LogP contribution in [0.4, 0.5) is 16.2 Å². The zero-order valence-electron chi connectivity index (χ0n) is 10.9. The first-order valence-electron chi connectivity index (χ1n) is 5.71. The molecule has 4 N–H and O–H groups in total. The van der Waals surface area contributed by atoms with Crippen LogP contribution in [0.15, 0.2) is 10.7 Å². The quantitative estimate of drug-likeness (QED) is 0.571. The number of hydrazine groups is 1. The van der Waals surface area contributed by atoms with E-state index in [4.69, 9.17) is 10.4 Å². The minimum atomic E-state index is -0.558. The number of halogens is 1. The Balaban J connectivity index is 2.26. The lowest BCUT2D eigenvalue weighted by atomic mass is 10.1. The number of anilines is 2. The van der Waals surface area contributed by atoms with E-state index in [0.29, 0.717) is 5.76 Å². The van der Waals surface area contributed by atoms with Gasteiger partial charge in [-0.25, -0.2) is 15.2 Å². The van der Waals surface area contributed by atoms with E-state index >= 15 is 0 Å². The van der Waals surface area contributed by atoms with Gasteiger partial charge in [0.15, 0.2) is 11.6 Å². The third-order valence-electron chi connectivity index (χ3n) is 2.75. The summed E-state index contributed by atoms with van der Waals surface area (Å²) in [6.45, 7) is 5.49. The Morgan fingerprint density at radius 3 is 2.74 bits per heavy atom. The Labute approximate surface area is 109 Å². The summed E-state index contributed by atoms with van der Waals surface area (Å²) in [7, 11) is 0. The molecular formula is C11H15FN6O. The van der Waals surface area contributed by atoms with Gasteiger partial charge in [0.1, 0.15) is 5.76 Å². The fourth-order valence-electron chi connectivity index (χ4n) is 1.92. The van der Waals surface area contributed by atoms with Crippen LogP contribution in [0.1, 0.15) is 30.0 Å². The Hall–Kier alpha value is -2.22. The summed E-state index contributed by atoms with van der Waals surface area (Å²) in [5, 5.41) is 6.81. The predicted octanol–water partition coefficient (Wildman–Crippen LogP) is 1.68. The summed E-state index contributed by atoms with van der Waals surface area (Å²) in [6, 6.07) is -0.207. The van der Waals surface area contributed by atoms with Crippen LogP contribution in [-0.4, -0.2) is 15.1 Å². The van der Waals surface area contributed by atoms with Crippen LogP contribution >= 0.6 is 0 Å². The van der Waals surface area contributed by atoms with E-state index in [1.807, 2.05) is 13.8 Å². The molecule has 7 nitrogen and oxygen atoms in total. The molecule has 0 fully saturated rings. The van der Waals surface area contributed by atoms with Crippen molar-refractivity contribution < 1.29 is 8.91 Å². The Bertz CT molecular complexity index is 565. The summed E-state index contributed by atoms with van der Waals surface area (Å²) in [5.41, 5.74) is 3.89. The predicted molar refractivity (Wildman–Crippen MR) is 67.8 cm³/mol. The third kappa shape index (κ3) is 2.63. The maximum atomic E-state index is 13.6. The van der Waals surface area contributed by atoms with Gasteiger partial charge >= 0.3 is 0 Å². The van der Waals surface area contributed by atoms with Crippen molar-refractivity contribution in [2.24, 2.45) is 5.84 Å². The van der Waals surface area contributed by atoms with Crippen LogP contribution in [0.3, 0.4) is 0 Å². The van der Waals surface area contributed by atoms with Gasteiger partial charge in [0.25, 0.3) is 0 Å². The zero-order chi connectivity index (χ0) is 14.0. The molecule has 2 heterocycles. The molecule has 0 aromatic carbocycles. The van der Waals surface area contributed by atoms with Crippen LogP contribution in [0, 0.1) is 19.7 Å². The van der Waals surface area contributed by atoms with Crippen LogP contribution in [0.2, 0.25) is 0 Å². The summed E-state index contributed by atoms with van der Waals surface area (Å²) in [5.74, 6) is 5.52. The summed E-state index contributed by atoms with van der Waals surface area (Å²) < 4.78 is 18.7. The van der Waals surface area contributed by atoms with Gasteiger partial charge in [-0.3, -0.25) is 5.43 Å². The number of nitrogens with one attached hydrogen (secondary N) is 2. The summed E-state index contributed by atoms with van der Waals surface area (Å²) in [6.07, 6.45) is 1.05. The largest absolute Gasteiger partial charge is 0.361 e. The number of aromatic nitrogens is 3. The molecule has 0 aliphatic heterocycles. The van der Waals surface area contributed by atoms with Crippen molar-refractivity contribution in [1.82, 2.24) is 15.1 Å². The molecule has 0 saturated carbocycles. The number of rotatable bonds is 4. The fourth-order valence-corrected chi connectivity index (χ4v) is 1.92. The molecule has 1 atom stereocenters. The molecule has 102 valence electrons. The monoisotopic (exact) mass is 266 g/mol. The fraction of sp³-hybridized carbons (Fsp3) is 0.364. The highest BCUT2D eigenvalue weighted by Crippen LogP contribution is 2.25. The van der Waals surface area contributed by atoms with E-state index in [0.717, 1.165) is 17.5 Å². The van der Waals surface area contributed by atoms with Crippen molar-refractivity contribution in [3.05, 3.63) is 29.0 Å². The van der Waals surface area contributed by atoms with Crippen molar-refractivity contribution >= 4 is 11.8 Å². The number of aryl methyl sites for hydroxylation is 2. The lowest BCUT2D eigenvalue weighted by molar-refractivity contribution is 0.392. The van der Waals surface area contributed by atoms with Crippen molar-refractivity contribution in [3.63, 3.8) is 0 Å². The van der Waals surface area contributed by atoms with Crippen molar-refractivity contribution in [2.45, 2.75) is 26.8 Å². The van der Waals surface area contributed by atoms with Gasteiger partial charge < -0.3 is 9.84 Å². The number of nitrogens with zero attached hydrogens (tertiary/aromatic N) is 3. The maximum absolute atomic E-state index is 13.6. The highest BCUT2D eigenvalue weighted by atomic mass is 19.1. The number of nitrogens with two attached hydrogens (primary N) is 1. The van der Waals surface area contributed by atoms with Crippen molar-refractivity contribution in [1.29, 1.82) is 0 Å². The van der Waals surface area contributed by atoms with E-state index in [1.54, 1.807) is 6.92 Å². The van der Waals surface area contributed by atoms with Crippen LogP contribution < -0.4 is 16.6 Å². The Kier molecular flexibility index (Phi) is 3.61. The highest BCUT2D eigenvalue weighted by Gasteiger charge is 2.18. The lowest BCUT2D eigenvalue weighted by Gasteiger charge is -2.15. The SMILES string of the molecule is Cc1noc(C)c1C(C)Nc1nc(NN)ncc1F. The minimum Gasteiger partial charge on any atom is -0.361 e. The number of nitrogen functional groups attached to an aromatic ring is 1. The first-order chi connectivity index (χ1) is 9.02. The van der Waals surface area contributed by atoms with E-state index in [2.05, 4.69) is 25.9 Å². The molecule has 2 rings (SSSR count). The highest BCUT2D eigenvalue weighted by molar-refractivity contribution is 5.43. The van der Waals surface area contributed by atoms with Crippen molar-refractivity contribution in [2.75, 3.05) is 10.7 Å². The Morgan fingerprint density at radius 1 is 1.42 bits per heavy atom. The second kappa shape index (κ2) is 5.19. The topological polar surface area (TPSA) is 102 Å². The summed E-state index contributed by atoms with van der Waals surface area (Å²) in [4.78, 5) is 7.59. The lowest BCUT2D eigenvalue weighted by Crippen LogP contribution is -2.15. The van der Waals surface area contributed by atoms with Gasteiger partial charge in [-0.1, -0.05) is 5.16 Å². The van der Waals surface area contributed by atoms with Gasteiger partial charge in [-0.2, -0.15) is 4.98 Å². The first kappa shape index (κ1) is 13.2. The average Bonchev–Trinajstić information content (AvgIpc) is 2.71. The standard InChI is InChI=1S/C11H15FN6O/c1-5(9-6(2)18-19-7(9)3)15-10-8(12)4-14-11(16-10)17-13/h4-5H,13H2,1-3H3,(H2,14,15,16,17). The second-order valence-corrected chi connectivity index (χ2v) is 4.14. The molecule has 19 heavy (non-hydrogen) atoms. The molecule has 0 radical (unpaired) electrons. The molecule has 1 unspecified atom stereocenters. The zero-order valence-corrected chi connectivity index (χ0v) is 10.9. The summed E-state index contributed by atoms with van der Waals surface area (Å²) >= 11 is 0. The van der Waals surface area contributed by atoms with Crippen molar-refractivity contribution in [3.8, 4) is 0 Å². The normalized spacial score (nSPS) is 12.3. The van der Waals surface area contributed by atoms with E-state index in [-0.39, 0.29) is 17.8 Å². The second-order valence-electron chi connectivity index (χ2n) is 4.14. The van der Waals surface area contributed by atoms with Crippen LogP contribution in [0.5, 0.6) is 0 Å². The van der Waals surface area contributed by atoms with Gasteiger partial charge in [0.05, 0.1) is 17.9 Å². The number of hydrogen-bond donors (Lipinski definition) is 3. The van der Waals surface area contributed by atoms with Gasteiger partial charge in [0, 0.05) is 5.56 Å². The molecular weight excluding hydrogens is 251 g/mol. The molecule has 8 heteroatoms. The number of hydrogen-bond acceptors (Lipinski definition) is 7. The third-order valence-corrected chi connectivity index (χ3v) is 2.75. The molecule has 0 amide bonds. The molecule has 2 aromatic rings. The van der Waals surface area contributed by atoms with Gasteiger partial charge in [0.2, 0.25) is 5.95 Å². The van der Waals surface area contributed by atoms with Gasteiger partial charge in [-0.05, 0) is 20.8 Å². The smallest absolute Gasteiger partial charge is 0.239 e. The Morgan fingerprint density at radius 2 is 2.16 bits per heavy atom. The van der Waals surface area contributed by atoms with E-state index < -0.39 is 5.82 Å². The first-order valence-corrected chi connectivity index (χ1v) is 5.71. The minimum absolute atomic E-state index is 0.0652. The molecule has 0 aliphatic carbocycles. The maximum Gasteiger partial charge on any atom is 0.239 e. The molecule has 0 spiro atoms. The molecule has 0 saturated heterocycles. The van der Waals surface area contributed by atoms with Crippen LogP contribution in [0.25, 0.3) is 0 Å². The van der Waals surface area contributed by atoms with E-state index in [9.17, 15) is 4.39 Å². The van der Waals surface area contributed by atoms with Crippen LogP contribution in [-0.2, 0) is 0 Å². The molecule has 0 aliphatic rings.